The van der Waals surface area contributed by atoms with Crippen LogP contribution in [0.3, 0.4) is 0 Å². The second kappa shape index (κ2) is 7.25. The van der Waals surface area contributed by atoms with Crippen molar-refractivity contribution in [3.8, 4) is 0 Å². The molecule has 0 bridgehead atoms. The van der Waals surface area contributed by atoms with Crippen LogP contribution in [0, 0.1) is 0 Å². The summed E-state index contributed by atoms with van der Waals surface area (Å²) in [5.74, 6) is 0. The summed E-state index contributed by atoms with van der Waals surface area (Å²) in [5.41, 5.74) is 0. The van der Waals surface area contributed by atoms with E-state index in [2.05, 4.69) is 30.8 Å². The van der Waals surface area contributed by atoms with Gasteiger partial charge >= 0.3 is 0 Å². The van der Waals surface area contributed by atoms with Gasteiger partial charge in [0.1, 0.15) is 0 Å². The lowest BCUT2D eigenvalue weighted by molar-refractivity contribution is 0.0819. The first-order valence-electron chi connectivity index (χ1n) is 6.58. The molecule has 0 aromatic carbocycles. The van der Waals surface area contributed by atoms with Crippen LogP contribution >= 0.6 is 0 Å². The zero-order valence-corrected chi connectivity index (χ0v) is 11.4. The third-order valence-corrected chi connectivity index (χ3v) is 3.97. The summed E-state index contributed by atoms with van der Waals surface area (Å²) in [5, 5.41) is 0. The van der Waals surface area contributed by atoms with Crippen molar-refractivity contribution in [3.05, 3.63) is 0 Å². The number of hydrogen-bond acceptors (Lipinski definition) is 3. The molecule has 3 heteroatoms. The summed E-state index contributed by atoms with van der Waals surface area (Å²) in [4.78, 5) is 5.02. The lowest BCUT2D eigenvalue weighted by Gasteiger charge is -2.39. The van der Waals surface area contributed by atoms with Gasteiger partial charge in [0.2, 0.25) is 0 Å². The van der Waals surface area contributed by atoms with Gasteiger partial charge in [0, 0.05) is 25.8 Å². The van der Waals surface area contributed by atoms with Crippen LogP contribution in [-0.4, -0.2) is 62.8 Å². The Morgan fingerprint density at radius 2 is 2.00 bits per heavy atom. The molecule has 1 saturated heterocycles. The van der Waals surface area contributed by atoms with Gasteiger partial charge in [-0.3, -0.25) is 0 Å². The van der Waals surface area contributed by atoms with E-state index < -0.39 is 0 Å². The molecular weight excluding hydrogens is 200 g/mol. The number of nitrogens with zero attached hydrogens (tertiary/aromatic N) is 2. The fourth-order valence-corrected chi connectivity index (χ4v) is 2.65. The number of ether oxygens (including phenoxy) is 1. The topological polar surface area (TPSA) is 15.7 Å². The number of rotatable bonds is 6. The predicted octanol–water partition coefficient (Wildman–Crippen LogP) is 1.83. The Hall–Kier alpha value is -0.120. The van der Waals surface area contributed by atoms with Crippen molar-refractivity contribution in [1.82, 2.24) is 9.80 Å². The number of likely N-dealkylation sites (tertiary alicyclic amines) is 1. The van der Waals surface area contributed by atoms with E-state index in [9.17, 15) is 0 Å². The maximum atomic E-state index is 5.19. The molecule has 1 unspecified atom stereocenters. The van der Waals surface area contributed by atoms with Crippen molar-refractivity contribution in [1.29, 1.82) is 0 Å². The molecule has 0 spiro atoms. The maximum Gasteiger partial charge on any atom is 0.0477 e. The van der Waals surface area contributed by atoms with E-state index in [-0.39, 0.29) is 0 Å². The number of hydrogen-bond donors (Lipinski definition) is 0. The molecule has 1 fully saturated rings. The Morgan fingerprint density at radius 1 is 1.38 bits per heavy atom. The highest BCUT2D eigenvalue weighted by Crippen LogP contribution is 2.19. The first-order chi connectivity index (χ1) is 7.69. The quantitative estimate of drug-likeness (QED) is 0.690. The Kier molecular flexibility index (Phi) is 6.32. The van der Waals surface area contributed by atoms with Crippen molar-refractivity contribution >= 4 is 0 Å². The molecule has 0 aliphatic carbocycles. The van der Waals surface area contributed by atoms with E-state index in [0.29, 0.717) is 6.04 Å². The van der Waals surface area contributed by atoms with Crippen molar-refractivity contribution in [2.45, 2.75) is 44.7 Å². The first-order valence-corrected chi connectivity index (χ1v) is 6.58. The zero-order valence-electron chi connectivity index (χ0n) is 11.4. The van der Waals surface area contributed by atoms with Gasteiger partial charge in [-0.25, -0.2) is 0 Å². The molecular formula is C13H28N2O. The summed E-state index contributed by atoms with van der Waals surface area (Å²) in [6.07, 6.45) is 5.02. The molecule has 0 N–H and O–H groups in total. The molecule has 0 aromatic rings. The average molecular weight is 228 g/mol. The number of methoxy groups -OCH3 is 1. The average Bonchev–Trinajstić information content (AvgIpc) is 2.30. The van der Waals surface area contributed by atoms with Crippen molar-refractivity contribution < 1.29 is 4.74 Å². The lowest BCUT2D eigenvalue weighted by atomic mass is 10.0. The molecule has 1 atom stereocenters. The Bertz CT molecular complexity index is 174. The highest BCUT2D eigenvalue weighted by Gasteiger charge is 2.24. The van der Waals surface area contributed by atoms with Crippen molar-refractivity contribution in [2.24, 2.45) is 0 Å². The van der Waals surface area contributed by atoms with Crippen LogP contribution in [0.1, 0.15) is 32.6 Å². The van der Waals surface area contributed by atoms with E-state index in [4.69, 9.17) is 4.74 Å². The Balaban J connectivity index is 2.37. The minimum absolute atomic E-state index is 0.688. The van der Waals surface area contributed by atoms with E-state index in [0.717, 1.165) is 19.1 Å². The van der Waals surface area contributed by atoms with E-state index in [1.54, 1.807) is 7.11 Å². The summed E-state index contributed by atoms with van der Waals surface area (Å²) in [7, 11) is 6.31. The Labute approximate surface area is 101 Å². The first kappa shape index (κ1) is 13.9. The summed E-state index contributed by atoms with van der Waals surface area (Å²) < 4.78 is 5.19. The van der Waals surface area contributed by atoms with Gasteiger partial charge in [-0.1, -0.05) is 6.92 Å². The highest BCUT2D eigenvalue weighted by molar-refractivity contribution is 4.80. The van der Waals surface area contributed by atoms with Gasteiger partial charge in [-0.2, -0.15) is 0 Å². The largest absolute Gasteiger partial charge is 0.385 e. The zero-order chi connectivity index (χ0) is 12.0. The molecule has 0 amide bonds. The monoisotopic (exact) mass is 228 g/mol. The van der Waals surface area contributed by atoms with Crippen LogP contribution in [0.5, 0.6) is 0 Å². The predicted molar refractivity (Wildman–Crippen MR) is 68.9 cm³/mol. The third-order valence-electron chi connectivity index (χ3n) is 3.97. The van der Waals surface area contributed by atoms with Gasteiger partial charge in [0.25, 0.3) is 0 Å². The molecule has 3 nitrogen and oxygen atoms in total. The van der Waals surface area contributed by atoms with Crippen molar-refractivity contribution in [2.75, 3.05) is 40.9 Å². The lowest BCUT2D eigenvalue weighted by Crippen LogP contribution is -2.46. The minimum atomic E-state index is 0.688. The molecule has 1 heterocycles. The molecule has 1 rings (SSSR count). The molecule has 16 heavy (non-hydrogen) atoms. The van der Waals surface area contributed by atoms with E-state index >= 15 is 0 Å². The van der Waals surface area contributed by atoms with Gasteiger partial charge < -0.3 is 14.5 Å². The van der Waals surface area contributed by atoms with Gasteiger partial charge in [0.15, 0.2) is 0 Å². The van der Waals surface area contributed by atoms with Crippen LogP contribution < -0.4 is 0 Å². The second-order valence-electron chi connectivity index (χ2n) is 5.04. The molecule has 0 aromatic heterocycles. The standard InChI is InChI=1S/C13H28N2O/c1-5-12(8-11-16-4)15(3)13-6-9-14(2)10-7-13/h12-13H,5-11H2,1-4H3. The van der Waals surface area contributed by atoms with E-state index in [1.165, 1.54) is 32.4 Å². The molecule has 96 valence electrons. The van der Waals surface area contributed by atoms with Crippen LogP contribution in [0.25, 0.3) is 0 Å². The fourth-order valence-electron chi connectivity index (χ4n) is 2.65. The summed E-state index contributed by atoms with van der Waals surface area (Å²) >= 11 is 0. The van der Waals surface area contributed by atoms with Crippen molar-refractivity contribution in [3.63, 3.8) is 0 Å². The maximum absolute atomic E-state index is 5.19. The minimum Gasteiger partial charge on any atom is -0.385 e. The molecule has 0 saturated carbocycles. The molecule has 0 radical (unpaired) electrons. The van der Waals surface area contributed by atoms with Gasteiger partial charge in [0.05, 0.1) is 0 Å². The van der Waals surface area contributed by atoms with Crippen LogP contribution in [-0.2, 0) is 4.74 Å². The second-order valence-corrected chi connectivity index (χ2v) is 5.04. The SMILES string of the molecule is CCC(CCOC)N(C)C1CCN(C)CC1. The smallest absolute Gasteiger partial charge is 0.0477 e. The highest BCUT2D eigenvalue weighted by atomic mass is 16.5. The third kappa shape index (κ3) is 4.04. The number of piperidine rings is 1. The summed E-state index contributed by atoms with van der Waals surface area (Å²) in [6.45, 7) is 5.66. The fraction of sp³-hybridized carbons (Fsp3) is 1.00. The summed E-state index contributed by atoms with van der Waals surface area (Å²) in [6, 6.07) is 1.46. The van der Waals surface area contributed by atoms with Gasteiger partial charge in [-0.15, -0.1) is 0 Å². The van der Waals surface area contributed by atoms with Gasteiger partial charge in [-0.05, 0) is 52.9 Å². The Morgan fingerprint density at radius 3 is 2.50 bits per heavy atom. The van der Waals surface area contributed by atoms with Crippen LogP contribution in [0.15, 0.2) is 0 Å². The molecule has 1 aliphatic heterocycles. The van der Waals surface area contributed by atoms with Crippen LogP contribution in [0.2, 0.25) is 0 Å². The normalized spacial score (nSPS) is 21.6. The van der Waals surface area contributed by atoms with Crippen LogP contribution in [0.4, 0.5) is 0 Å². The van der Waals surface area contributed by atoms with E-state index in [1.807, 2.05) is 0 Å². The molecule has 1 aliphatic rings.